The van der Waals surface area contributed by atoms with Crippen LogP contribution >= 0.6 is 0 Å². The topological polar surface area (TPSA) is 64.5 Å². The SMILES string of the molecule is CN(C)c1cccc(OCc2nc3ccc(N)cc3o2)c1. The lowest BCUT2D eigenvalue weighted by Crippen LogP contribution is -2.08. The zero-order valence-corrected chi connectivity index (χ0v) is 12.0. The van der Waals surface area contributed by atoms with Crippen molar-refractivity contribution in [1.82, 2.24) is 4.98 Å². The Balaban J connectivity index is 1.75. The summed E-state index contributed by atoms with van der Waals surface area (Å²) in [5.74, 6) is 1.31. The molecule has 0 aliphatic heterocycles. The summed E-state index contributed by atoms with van der Waals surface area (Å²) in [6.07, 6.45) is 0. The molecule has 0 radical (unpaired) electrons. The van der Waals surface area contributed by atoms with Gasteiger partial charge in [0.2, 0.25) is 5.89 Å². The largest absolute Gasteiger partial charge is 0.484 e. The van der Waals surface area contributed by atoms with Gasteiger partial charge < -0.3 is 19.8 Å². The molecule has 2 aromatic carbocycles. The maximum absolute atomic E-state index is 5.73. The average Bonchev–Trinajstić information content (AvgIpc) is 2.87. The number of ether oxygens (including phenoxy) is 1. The first kappa shape index (κ1) is 13.3. The molecule has 0 fully saturated rings. The number of fused-ring (bicyclic) bond motifs is 1. The molecule has 3 rings (SSSR count). The molecule has 3 aromatic rings. The summed E-state index contributed by atoms with van der Waals surface area (Å²) in [7, 11) is 3.98. The van der Waals surface area contributed by atoms with Crippen LogP contribution in [0.5, 0.6) is 5.75 Å². The molecule has 0 saturated carbocycles. The second kappa shape index (κ2) is 5.36. The van der Waals surface area contributed by atoms with Gasteiger partial charge >= 0.3 is 0 Å². The number of hydrogen-bond acceptors (Lipinski definition) is 5. The van der Waals surface area contributed by atoms with Crippen molar-refractivity contribution in [3.05, 3.63) is 48.4 Å². The van der Waals surface area contributed by atoms with Crippen LogP contribution in [-0.4, -0.2) is 19.1 Å². The lowest BCUT2D eigenvalue weighted by Gasteiger charge is -2.13. The van der Waals surface area contributed by atoms with Crippen LogP contribution in [0.4, 0.5) is 11.4 Å². The van der Waals surface area contributed by atoms with Gasteiger partial charge in [-0.05, 0) is 24.3 Å². The fourth-order valence-electron chi connectivity index (χ4n) is 2.05. The lowest BCUT2D eigenvalue weighted by molar-refractivity contribution is 0.267. The van der Waals surface area contributed by atoms with E-state index in [9.17, 15) is 0 Å². The molecule has 0 atom stereocenters. The minimum absolute atomic E-state index is 0.283. The zero-order valence-electron chi connectivity index (χ0n) is 12.0. The Bertz CT molecular complexity index is 765. The molecule has 1 aromatic heterocycles. The molecule has 0 spiro atoms. The number of nitrogen functional groups attached to an aromatic ring is 1. The fraction of sp³-hybridized carbons (Fsp3) is 0.188. The van der Waals surface area contributed by atoms with Gasteiger partial charge in [-0.2, -0.15) is 0 Å². The van der Waals surface area contributed by atoms with Crippen LogP contribution in [-0.2, 0) is 6.61 Å². The first-order valence-corrected chi connectivity index (χ1v) is 6.67. The minimum Gasteiger partial charge on any atom is -0.484 e. The molecule has 0 aliphatic carbocycles. The van der Waals surface area contributed by atoms with E-state index in [1.54, 1.807) is 12.1 Å². The summed E-state index contributed by atoms with van der Waals surface area (Å²) >= 11 is 0. The maximum Gasteiger partial charge on any atom is 0.233 e. The van der Waals surface area contributed by atoms with Crippen LogP contribution in [0, 0.1) is 0 Å². The summed E-state index contributed by atoms with van der Waals surface area (Å²) in [6, 6.07) is 13.3. The summed E-state index contributed by atoms with van der Waals surface area (Å²) in [4.78, 5) is 6.39. The fourth-order valence-corrected chi connectivity index (χ4v) is 2.05. The normalized spacial score (nSPS) is 10.8. The molecule has 0 bridgehead atoms. The van der Waals surface area contributed by atoms with Crippen molar-refractivity contribution in [3.8, 4) is 5.75 Å². The van der Waals surface area contributed by atoms with Crippen LogP contribution in [0.25, 0.3) is 11.1 Å². The van der Waals surface area contributed by atoms with Crippen LogP contribution < -0.4 is 15.4 Å². The van der Waals surface area contributed by atoms with Crippen molar-refractivity contribution in [2.45, 2.75) is 6.61 Å². The second-order valence-electron chi connectivity index (χ2n) is 5.02. The summed E-state index contributed by atoms with van der Waals surface area (Å²) in [5, 5.41) is 0. The summed E-state index contributed by atoms with van der Waals surface area (Å²) in [5.41, 5.74) is 8.92. The molecule has 5 heteroatoms. The number of aromatic nitrogens is 1. The molecular formula is C16H17N3O2. The molecule has 0 aliphatic rings. The molecule has 0 saturated heterocycles. The Labute approximate surface area is 122 Å². The van der Waals surface area contributed by atoms with Crippen molar-refractivity contribution < 1.29 is 9.15 Å². The number of hydrogen-bond donors (Lipinski definition) is 1. The Morgan fingerprint density at radius 3 is 2.86 bits per heavy atom. The molecule has 0 amide bonds. The average molecular weight is 283 g/mol. The third-order valence-corrected chi connectivity index (χ3v) is 3.15. The van der Waals surface area contributed by atoms with Crippen molar-refractivity contribution in [1.29, 1.82) is 0 Å². The Kier molecular flexibility index (Phi) is 3.39. The van der Waals surface area contributed by atoms with Gasteiger partial charge in [0.05, 0.1) is 0 Å². The van der Waals surface area contributed by atoms with Gasteiger partial charge in [0.1, 0.15) is 11.3 Å². The van der Waals surface area contributed by atoms with E-state index < -0.39 is 0 Å². The van der Waals surface area contributed by atoms with Gasteiger partial charge in [-0.3, -0.25) is 0 Å². The van der Waals surface area contributed by atoms with E-state index in [1.807, 2.05) is 49.3 Å². The monoisotopic (exact) mass is 283 g/mol. The molecule has 1 heterocycles. The van der Waals surface area contributed by atoms with E-state index in [-0.39, 0.29) is 6.61 Å². The predicted octanol–water partition coefficient (Wildman–Crippen LogP) is 3.06. The zero-order chi connectivity index (χ0) is 14.8. The van der Waals surface area contributed by atoms with E-state index in [0.717, 1.165) is 17.0 Å². The Morgan fingerprint density at radius 1 is 1.19 bits per heavy atom. The van der Waals surface area contributed by atoms with Crippen molar-refractivity contribution >= 4 is 22.5 Å². The quantitative estimate of drug-likeness (QED) is 0.745. The van der Waals surface area contributed by atoms with E-state index in [1.165, 1.54) is 0 Å². The van der Waals surface area contributed by atoms with Gasteiger partial charge in [-0.1, -0.05) is 6.07 Å². The van der Waals surface area contributed by atoms with E-state index in [2.05, 4.69) is 4.98 Å². The maximum atomic E-state index is 5.73. The number of nitrogens with zero attached hydrogens (tertiary/aromatic N) is 2. The smallest absolute Gasteiger partial charge is 0.233 e. The lowest BCUT2D eigenvalue weighted by atomic mass is 10.3. The number of benzene rings is 2. The highest BCUT2D eigenvalue weighted by atomic mass is 16.5. The Hall–Kier alpha value is -2.69. The van der Waals surface area contributed by atoms with E-state index >= 15 is 0 Å². The third kappa shape index (κ3) is 2.91. The molecule has 5 nitrogen and oxygen atoms in total. The van der Waals surface area contributed by atoms with Crippen molar-refractivity contribution in [2.75, 3.05) is 24.7 Å². The first-order chi connectivity index (χ1) is 10.1. The highest BCUT2D eigenvalue weighted by Gasteiger charge is 2.07. The highest BCUT2D eigenvalue weighted by Crippen LogP contribution is 2.22. The van der Waals surface area contributed by atoms with Crippen molar-refractivity contribution in [3.63, 3.8) is 0 Å². The van der Waals surface area contributed by atoms with Crippen LogP contribution in [0.2, 0.25) is 0 Å². The number of nitrogens with two attached hydrogens (primary N) is 1. The van der Waals surface area contributed by atoms with Gasteiger partial charge in [-0.25, -0.2) is 4.98 Å². The number of oxazole rings is 1. The molecular weight excluding hydrogens is 266 g/mol. The standard InChI is InChI=1S/C16H17N3O2/c1-19(2)12-4-3-5-13(9-12)20-10-16-18-14-7-6-11(17)8-15(14)21-16/h3-9H,10,17H2,1-2H3. The minimum atomic E-state index is 0.283. The van der Waals surface area contributed by atoms with Gasteiger partial charge in [0.25, 0.3) is 0 Å². The molecule has 21 heavy (non-hydrogen) atoms. The second-order valence-corrected chi connectivity index (χ2v) is 5.02. The van der Waals surface area contributed by atoms with Gasteiger partial charge in [0, 0.05) is 37.6 Å². The van der Waals surface area contributed by atoms with Crippen LogP contribution in [0.3, 0.4) is 0 Å². The highest BCUT2D eigenvalue weighted by molar-refractivity contribution is 5.76. The number of anilines is 2. The van der Waals surface area contributed by atoms with Crippen LogP contribution in [0.1, 0.15) is 5.89 Å². The predicted molar refractivity (Wildman–Crippen MR) is 83.5 cm³/mol. The molecule has 108 valence electrons. The molecule has 2 N–H and O–H groups in total. The van der Waals surface area contributed by atoms with Gasteiger partial charge in [0.15, 0.2) is 12.2 Å². The Morgan fingerprint density at radius 2 is 2.05 bits per heavy atom. The van der Waals surface area contributed by atoms with Crippen LogP contribution in [0.15, 0.2) is 46.9 Å². The molecule has 0 unspecified atom stereocenters. The summed E-state index contributed by atoms with van der Waals surface area (Å²) in [6.45, 7) is 0.283. The van der Waals surface area contributed by atoms with E-state index in [4.69, 9.17) is 14.9 Å². The first-order valence-electron chi connectivity index (χ1n) is 6.67. The van der Waals surface area contributed by atoms with Gasteiger partial charge in [-0.15, -0.1) is 0 Å². The van der Waals surface area contributed by atoms with E-state index in [0.29, 0.717) is 17.2 Å². The summed E-state index contributed by atoms with van der Waals surface area (Å²) < 4.78 is 11.4. The number of rotatable bonds is 4. The third-order valence-electron chi connectivity index (χ3n) is 3.15. The van der Waals surface area contributed by atoms with Crippen molar-refractivity contribution in [2.24, 2.45) is 0 Å².